The van der Waals surface area contributed by atoms with E-state index in [2.05, 4.69) is 37.0 Å². The van der Waals surface area contributed by atoms with E-state index in [0.717, 1.165) is 70.2 Å². The molecule has 9 nitrogen and oxygen atoms in total. The molecule has 4 rings (SSSR count). The molecule has 1 unspecified atom stereocenters. The lowest BCUT2D eigenvalue weighted by molar-refractivity contribution is -0.125. The molecule has 10 heteroatoms. The highest BCUT2D eigenvalue weighted by molar-refractivity contribution is 7.20. The second kappa shape index (κ2) is 10.7. The third-order valence-corrected chi connectivity index (χ3v) is 7.35. The van der Waals surface area contributed by atoms with Crippen LogP contribution in [0.15, 0.2) is 10.9 Å². The zero-order chi connectivity index (χ0) is 22.5. The van der Waals surface area contributed by atoms with Gasteiger partial charge in [-0.15, -0.1) is 5.10 Å². The molecular weight excluding hydrogens is 426 g/mol. The number of piperidine rings is 1. The van der Waals surface area contributed by atoms with E-state index in [1.807, 2.05) is 6.92 Å². The van der Waals surface area contributed by atoms with Gasteiger partial charge in [0.2, 0.25) is 16.0 Å². The average molecular weight is 462 g/mol. The Bertz CT molecular complexity index is 967. The molecule has 0 spiro atoms. The van der Waals surface area contributed by atoms with Crippen LogP contribution in [0.4, 0.5) is 5.13 Å². The van der Waals surface area contributed by atoms with Crippen molar-refractivity contribution in [1.82, 2.24) is 29.7 Å². The summed E-state index contributed by atoms with van der Waals surface area (Å²) in [7, 11) is 0. The lowest BCUT2D eigenvalue weighted by Crippen LogP contribution is -2.47. The van der Waals surface area contributed by atoms with Crippen LogP contribution in [0.2, 0.25) is 0 Å². The summed E-state index contributed by atoms with van der Waals surface area (Å²) < 4.78 is 1.36. The first-order valence-electron chi connectivity index (χ1n) is 11.9. The number of carbonyl (C=O) groups excluding carboxylic acids is 1. The molecule has 2 aromatic heterocycles. The number of anilines is 1. The molecule has 0 aliphatic carbocycles. The fraction of sp³-hybridized carbons (Fsp3) is 0.727. The van der Waals surface area contributed by atoms with Gasteiger partial charge in [0, 0.05) is 57.6 Å². The normalized spacial score (nSPS) is 20.7. The summed E-state index contributed by atoms with van der Waals surface area (Å²) in [5.41, 5.74) is 0.539. The molecule has 0 bridgehead atoms. The molecule has 176 valence electrons. The zero-order valence-electron chi connectivity index (χ0n) is 19.3. The Labute approximate surface area is 193 Å². The van der Waals surface area contributed by atoms with Gasteiger partial charge in [-0.05, 0) is 45.7 Å². The van der Waals surface area contributed by atoms with Crippen molar-refractivity contribution in [3.63, 3.8) is 0 Å². The molecule has 0 saturated carbocycles. The smallest absolute Gasteiger partial charge is 0.275 e. The van der Waals surface area contributed by atoms with Gasteiger partial charge >= 0.3 is 0 Å². The first kappa shape index (κ1) is 23.1. The van der Waals surface area contributed by atoms with Crippen LogP contribution < -0.4 is 15.8 Å². The zero-order valence-corrected chi connectivity index (χ0v) is 20.1. The highest BCUT2D eigenvalue weighted by Crippen LogP contribution is 2.27. The van der Waals surface area contributed by atoms with E-state index in [-0.39, 0.29) is 17.4 Å². The number of hydrogen-bond donors (Lipinski definition) is 1. The number of aryl methyl sites for hydroxylation is 1. The molecular formula is C22H35N7O2S. The Hall–Kier alpha value is -2.04. The number of aromatic nitrogens is 3. The first-order valence-corrected chi connectivity index (χ1v) is 12.7. The highest BCUT2D eigenvalue weighted by Gasteiger charge is 2.28. The molecule has 32 heavy (non-hydrogen) atoms. The number of nitrogens with zero attached hydrogens (tertiary/aromatic N) is 6. The van der Waals surface area contributed by atoms with Crippen LogP contribution >= 0.6 is 11.3 Å². The van der Waals surface area contributed by atoms with Crippen molar-refractivity contribution < 1.29 is 4.79 Å². The van der Waals surface area contributed by atoms with Crippen LogP contribution in [0, 0.1) is 12.8 Å². The number of hydrogen-bond acceptors (Lipinski definition) is 8. The summed E-state index contributed by atoms with van der Waals surface area (Å²) in [6.07, 6.45) is 4.04. The first-order chi connectivity index (χ1) is 15.5. The number of carbonyl (C=O) groups is 1. The Morgan fingerprint density at radius 3 is 2.69 bits per heavy atom. The van der Waals surface area contributed by atoms with Gasteiger partial charge in [0.25, 0.3) is 5.56 Å². The third kappa shape index (κ3) is 5.65. The Morgan fingerprint density at radius 2 is 1.94 bits per heavy atom. The minimum Gasteiger partial charge on any atom is -0.356 e. The second-order valence-corrected chi connectivity index (χ2v) is 9.86. The van der Waals surface area contributed by atoms with Crippen LogP contribution in [-0.2, 0) is 4.79 Å². The van der Waals surface area contributed by atoms with E-state index in [1.165, 1.54) is 34.9 Å². The van der Waals surface area contributed by atoms with E-state index in [9.17, 15) is 9.59 Å². The number of fused-ring (bicyclic) bond motifs is 1. The lowest BCUT2D eigenvalue weighted by atomic mass is 9.97. The maximum atomic E-state index is 12.8. The summed E-state index contributed by atoms with van der Waals surface area (Å²) in [5.74, 6) is 0.0921. The average Bonchev–Trinajstić information content (AvgIpc) is 3.22. The van der Waals surface area contributed by atoms with Crippen molar-refractivity contribution in [1.29, 1.82) is 0 Å². The van der Waals surface area contributed by atoms with Gasteiger partial charge in [-0.1, -0.05) is 18.3 Å². The number of nitrogens with one attached hydrogen (secondary N) is 1. The van der Waals surface area contributed by atoms with E-state index >= 15 is 0 Å². The summed E-state index contributed by atoms with van der Waals surface area (Å²) in [6, 6.07) is 1.49. The van der Waals surface area contributed by atoms with Gasteiger partial charge in [0.05, 0.1) is 5.92 Å². The highest BCUT2D eigenvalue weighted by atomic mass is 32.1. The summed E-state index contributed by atoms with van der Waals surface area (Å²) >= 11 is 1.41. The van der Waals surface area contributed by atoms with Crippen molar-refractivity contribution >= 4 is 27.3 Å². The molecule has 0 radical (unpaired) electrons. The SMILES string of the molecule is CCCN1CCN(CCCNC(=O)C2CCCN(c3nn4c(=O)cc(C)nc4s3)C2)CC1. The van der Waals surface area contributed by atoms with Gasteiger partial charge < -0.3 is 20.0 Å². The second-order valence-electron chi connectivity index (χ2n) is 8.93. The predicted molar refractivity (Wildman–Crippen MR) is 128 cm³/mol. The Balaban J connectivity index is 1.23. The molecule has 2 aromatic rings. The van der Waals surface area contributed by atoms with E-state index in [4.69, 9.17) is 0 Å². The number of amides is 1. The van der Waals surface area contributed by atoms with Crippen LogP contribution in [0.5, 0.6) is 0 Å². The summed E-state index contributed by atoms with van der Waals surface area (Å²) in [5, 5.41) is 8.37. The number of piperazine rings is 1. The van der Waals surface area contributed by atoms with Crippen LogP contribution in [0.25, 0.3) is 4.96 Å². The number of rotatable bonds is 8. The maximum Gasteiger partial charge on any atom is 0.275 e. The van der Waals surface area contributed by atoms with Crippen LogP contribution in [0.1, 0.15) is 38.3 Å². The minimum absolute atomic E-state index is 0.0419. The summed E-state index contributed by atoms with van der Waals surface area (Å²) in [6.45, 7) is 13.1. The molecule has 1 atom stereocenters. The lowest BCUT2D eigenvalue weighted by Gasteiger charge is -2.34. The molecule has 4 heterocycles. The molecule has 0 aromatic carbocycles. The molecule has 2 saturated heterocycles. The summed E-state index contributed by atoms with van der Waals surface area (Å²) in [4.78, 5) is 37.1. The minimum atomic E-state index is -0.159. The van der Waals surface area contributed by atoms with Crippen LogP contribution in [0.3, 0.4) is 0 Å². The third-order valence-electron chi connectivity index (χ3n) is 6.38. The van der Waals surface area contributed by atoms with Gasteiger partial charge in [-0.25, -0.2) is 4.98 Å². The van der Waals surface area contributed by atoms with Gasteiger partial charge in [-0.3, -0.25) is 9.59 Å². The Morgan fingerprint density at radius 1 is 1.19 bits per heavy atom. The molecule has 2 fully saturated rings. The van der Waals surface area contributed by atoms with Crippen LogP contribution in [-0.4, -0.2) is 89.2 Å². The Kier molecular flexibility index (Phi) is 7.75. The predicted octanol–water partition coefficient (Wildman–Crippen LogP) is 1.21. The molecule has 2 aliphatic heterocycles. The molecule has 1 N–H and O–H groups in total. The fourth-order valence-corrected chi connectivity index (χ4v) is 5.60. The quantitative estimate of drug-likeness (QED) is 0.592. The standard InChI is InChI=1S/C22H35N7O2S/c1-3-8-26-11-13-27(14-12-26)9-5-7-23-20(31)18-6-4-10-28(16-18)22-25-29-19(30)15-17(2)24-21(29)32-22/h15,18H,3-14,16H2,1-2H3,(H,23,31). The maximum absolute atomic E-state index is 12.8. The van der Waals surface area contributed by atoms with Gasteiger partial charge in [-0.2, -0.15) is 4.52 Å². The van der Waals surface area contributed by atoms with Crippen molar-refractivity contribution in [2.24, 2.45) is 5.92 Å². The van der Waals surface area contributed by atoms with Gasteiger partial charge in [0.1, 0.15) is 0 Å². The van der Waals surface area contributed by atoms with E-state index < -0.39 is 0 Å². The topological polar surface area (TPSA) is 86.1 Å². The largest absolute Gasteiger partial charge is 0.356 e. The van der Waals surface area contributed by atoms with Gasteiger partial charge in [0.15, 0.2) is 0 Å². The van der Waals surface area contributed by atoms with Crippen molar-refractivity contribution in [3.05, 3.63) is 22.1 Å². The fourth-order valence-electron chi connectivity index (χ4n) is 4.61. The monoisotopic (exact) mass is 461 g/mol. The molecule has 2 aliphatic rings. The van der Waals surface area contributed by atoms with Crippen molar-refractivity contribution in [3.8, 4) is 0 Å². The van der Waals surface area contributed by atoms with Crippen molar-refractivity contribution in [2.75, 3.05) is 63.8 Å². The van der Waals surface area contributed by atoms with E-state index in [0.29, 0.717) is 17.2 Å². The molecule has 1 amide bonds. The van der Waals surface area contributed by atoms with Crippen molar-refractivity contribution in [2.45, 2.75) is 39.5 Å². The van der Waals surface area contributed by atoms with E-state index in [1.54, 1.807) is 0 Å².